The lowest BCUT2D eigenvalue weighted by Gasteiger charge is -1.90. The number of benzene rings is 1. The number of hydrogen-bond acceptors (Lipinski definition) is 2. The lowest BCUT2D eigenvalue weighted by atomic mass is 10.1. The highest BCUT2D eigenvalue weighted by atomic mass is 14.5. The zero-order valence-electron chi connectivity index (χ0n) is 7.96. The number of nitrogens with two attached hydrogens (primary N) is 1. The molecule has 0 atom stereocenters. The van der Waals surface area contributed by atoms with Crippen LogP contribution in [-0.4, -0.2) is 6.54 Å². The molecule has 0 heterocycles. The van der Waals surface area contributed by atoms with Gasteiger partial charge in [0, 0.05) is 12.0 Å². The van der Waals surface area contributed by atoms with E-state index in [4.69, 9.17) is 11.0 Å². The Bertz CT molecular complexity index is 391. The standard InChI is InChI=1S/C12H12N2/c13-8-3-1-2-5-11-6-4-7-12(9-11)10-14/h4,6-7,9H,1,3,8,13H2. The molecule has 0 aliphatic rings. The molecule has 0 unspecified atom stereocenters. The molecule has 0 aromatic heterocycles. The largest absolute Gasteiger partial charge is 0.330 e. The molecule has 1 aromatic carbocycles. The Morgan fingerprint density at radius 3 is 2.79 bits per heavy atom. The van der Waals surface area contributed by atoms with E-state index in [0.29, 0.717) is 12.1 Å². The second-order valence-corrected chi connectivity index (χ2v) is 2.89. The van der Waals surface area contributed by atoms with Gasteiger partial charge in [0.2, 0.25) is 0 Å². The van der Waals surface area contributed by atoms with Gasteiger partial charge in [0.05, 0.1) is 11.6 Å². The molecule has 0 amide bonds. The summed E-state index contributed by atoms with van der Waals surface area (Å²) in [6, 6.07) is 9.38. The first kappa shape index (κ1) is 10.3. The Morgan fingerprint density at radius 1 is 1.29 bits per heavy atom. The van der Waals surface area contributed by atoms with E-state index < -0.39 is 0 Å². The monoisotopic (exact) mass is 184 g/mol. The predicted molar refractivity (Wildman–Crippen MR) is 56.3 cm³/mol. The summed E-state index contributed by atoms with van der Waals surface area (Å²) in [5, 5.41) is 8.66. The van der Waals surface area contributed by atoms with Gasteiger partial charge in [-0.1, -0.05) is 17.9 Å². The Labute approximate surface area is 84.4 Å². The van der Waals surface area contributed by atoms with Crippen LogP contribution in [0.2, 0.25) is 0 Å². The van der Waals surface area contributed by atoms with Gasteiger partial charge >= 0.3 is 0 Å². The van der Waals surface area contributed by atoms with E-state index in [1.54, 1.807) is 12.1 Å². The molecular weight excluding hydrogens is 172 g/mol. The van der Waals surface area contributed by atoms with Crippen molar-refractivity contribution in [1.82, 2.24) is 0 Å². The summed E-state index contributed by atoms with van der Waals surface area (Å²) in [5.41, 5.74) is 6.88. The van der Waals surface area contributed by atoms with Crippen molar-refractivity contribution >= 4 is 0 Å². The van der Waals surface area contributed by atoms with Crippen LogP contribution < -0.4 is 5.73 Å². The van der Waals surface area contributed by atoms with Crippen molar-refractivity contribution in [2.75, 3.05) is 6.54 Å². The first-order chi connectivity index (χ1) is 6.86. The van der Waals surface area contributed by atoms with Gasteiger partial charge in [-0.3, -0.25) is 0 Å². The molecule has 2 heteroatoms. The summed E-state index contributed by atoms with van der Waals surface area (Å²) in [6.07, 6.45) is 1.73. The van der Waals surface area contributed by atoms with Crippen molar-refractivity contribution in [1.29, 1.82) is 5.26 Å². The number of nitrogens with zero attached hydrogens (tertiary/aromatic N) is 1. The van der Waals surface area contributed by atoms with Crippen LogP contribution in [0, 0.1) is 23.2 Å². The van der Waals surface area contributed by atoms with Gasteiger partial charge in [-0.25, -0.2) is 0 Å². The average molecular weight is 184 g/mol. The van der Waals surface area contributed by atoms with E-state index in [-0.39, 0.29) is 0 Å². The van der Waals surface area contributed by atoms with Crippen LogP contribution in [0.25, 0.3) is 0 Å². The molecular formula is C12H12N2. The maximum atomic E-state index is 8.66. The van der Waals surface area contributed by atoms with Crippen molar-refractivity contribution in [3.8, 4) is 17.9 Å². The minimum Gasteiger partial charge on any atom is -0.330 e. The van der Waals surface area contributed by atoms with Gasteiger partial charge in [0.15, 0.2) is 0 Å². The van der Waals surface area contributed by atoms with Gasteiger partial charge in [0.1, 0.15) is 0 Å². The third kappa shape index (κ3) is 3.31. The van der Waals surface area contributed by atoms with Gasteiger partial charge in [0.25, 0.3) is 0 Å². The lowest BCUT2D eigenvalue weighted by Crippen LogP contribution is -1.96. The molecule has 1 rings (SSSR count). The van der Waals surface area contributed by atoms with Crippen molar-refractivity contribution in [3.63, 3.8) is 0 Å². The molecule has 2 N–H and O–H groups in total. The Kier molecular flexibility index (Phi) is 4.27. The van der Waals surface area contributed by atoms with Crippen molar-refractivity contribution in [3.05, 3.63) is 35.4 Å². The van der Waals surface area contributed by atoms with Gasteiger partial charge in [-0.2, -0.15) is 5.26 Å². The molecule has 0 saturated carbocycles. The molecule has 70 valence electrons. The molecule has 0 fully saturated rings. The highest BCUT2D eigenvalue weighted by Gasteiger charge is 1.89. The number of rotatable bonds is 2. The summed E-state index contributed by atoms with van der Waals surface area (Å²) in [7, 11) is 0. The van der Waals surface area contributed by atoms with Gasteiger partial charge in [-0.05, 0) is 31.2 Å². The molecule has 0 spiro atoms. The fraction of sp³-hybridized carbons (Fsp3) is 0.250. The van der Waals surface area contributed by atoms with Gasteiger partial charge in [-0.15, -0.1) is 0 Å². The predicted octanol–water partition coefficient (Wildman–Crippen LogP) is 1.65. The van der Waals surface area contributed by atoms with Gasteiger partial charge < -0.3 is 5.73 Å². The summed E-state index contributed by atoms with van der Waals surface area (Å²) in [6.45, 7) is 0.674. The summed E-state index contributed by atoms with van der Waals surface area (Å²) >= 11 is 0. The fourth-order valence-corrected chi connectivity index (χ4v) is 1.02. The van der Waals surface area contributed by atoms with Crippen LogP contribution in [0.1, 0.15) is 24.0 Å². The van der Waals surface area contributed by atoms with E-state index in [1.165, 1.54) is 0 Å². The Morgan fingerprint density at radius 2 is 2.07 bits per heavy atom. The minimum absolute atomic E-state index is 0.649. The smallest absolute Gasteiger partial charge is 0.0992 e. The maximum Gasteiger partial charge on any atom is 0.0992 e. The molecule has 0 aliphatic heterocycles. The van der Waals surface area contributed by atoms with Crippen molar-refractivity contribution in [2.24, 2.45) is 5.73 Å². The van der Waals surface area contributed by atoms with E-state index in [1.807, 2.05) is 12.1 Å². The molecule has 0 saturated heterocycles. The quantitative estimate of drug-likeness (QED) is 0.561. The minimum atomic E-state index is 0.649. The number of unbranched alkanes of at least 4 members (excludes halogenated alkanes) is 1. The van der Waals surface area contributed by atoms with Crippen molar-refractivity contribution < 1.29 is 0 Å². The van der Waals surface area contributed by atoms with E-state index in [9.17, 15) is 0 Å². The van der Waals surface area contributed by atoms with Crippen LogP contribution in [-0.2, 0) is 0 Å². The van der Waals surface area contributed by atoms with Crippen LogP contribution in [0.4, 0.5) is 0 Å². The molecule has 1 aromatic rings. The maximum absolute atomic E-state index is 8.66. The van der Waals surface area contributed by atoms with Crippen LogP contribution in [0.3, 0.4) is 0 Å². The van der Waals surface area contributed by atoms with Crippen LogP contribution in [0.5, 0.6) is 0 Å². The van der Waals surface area contributed by atoms with Crippen LogP contribution >= 0.6 is 0 Å². The topological polar surface area (TPSA) is 49.8 Å². The summed E-state index contributed by atoms with van der Waals surface area (Å²) < 4.78 is 0. The highest BCUT2D eigenvalue weighted by molar-refractivity contribution is 5.41. The highest BCUT2D eigenvalue weighted by Crippen LogP contribution is 2.02. The fourth-order valence-electron chi connectivity index (χ4n) is 1.02. The van der Waals surface area contributed by atoms with Crippen molar-refractivity contribution in [2.45, 2.75) is 12.8 Å². The molecule has 0 bridgehead atoms. The van der Waals surface area contributed by atoms with E-state index in [0.717, 1.165) is 18.4 Å². The van der Waals surface area contributed by atoms with Crippen LogP contribution in [0.15, 0.2) is 24.3 Å². The zero-order valence-corrected chi connectivity index (χ0v) is 7.96. The molecule has 0 aliphatic carbocycles. The molecule has 2 nitrogen and oxygen atoms in total. The first-order valence-electron chi connectivity index (χ1n) is 4.56. The zero-order chi connectivity index (χ0) is 10.2. The average Bonchev–Trinajstić information content (AvgIpc) is 2.25. The first-order valence-corrected chi connectivity index (χ1v) is 4.56. The van der Waals surface area contributed by atoms with E-state index >= 15 is 0 Å². The molecule has 14 heavy (non-hydrogen) atoms. The number of nitriles is 1. The lowest BCUT2D eigenvalue weighted by molar-refractivity contribution is 0.870. The molecule has 0 radical (unpaired) electrons. The third-order valence-corrected chi connectivity index (χ3v) is 1.73. The third-order valence-electron chi connectivity index (χ3n) is 1.73. The number of hydrogen-bond donors (Lipinski definition) is 1. The summed E-state index contributed by atoms with van der Waals surface area (Å²) in [4.78, 5) is 0. The second kappa shape index (κ2) is 5.80. The second-order valence-electron chi connectivity index (χ2n) is 2.89. The van der Waals surface area contributed by atoms with E-state index in [2.05, 4.69) is 17.9 Å². The normalized spacial score (nSPS) is 8.57. The summed E-state index contributed by atoms with van der Waals surface area (Å²) in [5.74, 6) is 6.01. The SMILES string of the molecule is N#Cc1cccc(C#CCCCN)c1. The Balaban J connectivity index is 2.66. The Hall–Kier alpha value is -1.77.